The van der Waals surface area contributed by atoms with Gasteiger partial charge in [0.15, 0.2) is 0 Å². The zero-order valence-electron chi connectivity index (χ0n) is 5.94. The summed E-state index contributed by atoms with van der Waals surface area (Å²) in [6, 6.07) is 0.773. The maximum atomic E-state index is 3.34. The SMILES string of the molecule is CC(C)[C@@H]1CNC1C. The monoisotopic (exact) mass is 113 g/mol. The van der Waals surface area contributed by atoms with Gasteiger partial charge in [0, 0.05) is 6.04 Å². The van der Waals surface area contributed by atoms with Crippen LogP contribution in [0.2, 0.25) is 0 Å². The number of hydrogen-bond donors (Lipinski definition) is 1. The lowest BCUT2D eigenvalue weighted by Gasteiger charge is -2.38. The van der Waals surface area contributed by atoms with Crippen molar-refractivity contribution in [1.82, 2.24) is 5.32 Å². The van der Waals surface area contributed by atoms with Gasteiger partial charge in [0.2, 0.25) is 0 Å². The Morgan fingerprint density at radius 2 is 2.12 bits per heavy atom. The number of rotatable bonds is 1. The van der Waals surface area contributed by atoms with Gasteiger partial charge in [-0.15, -0.1) is 0 Å². The van der Waals surface area contributed by atoms with Crippen molar-refractivity contribution in [3.63, 3.8) is 0 Å². The number of nitrogens with one attached hydrogen (secondary N) is 1. The molecule has 1 nitrogen and oxygen atoms in total. The summed E-state index contributed by atoms with van der Waals surface area (Å²) in [4.78, 5) is 0. The summed E-state index contributed by atoms with van der Waals surface area (Å²) < 4.78 is 0. The van der Waals surface area contributed by atoms with Gasteiger partial charge in [-0.3, -0.25) is 0 Å². The largest absolute Gasteiger partial charge is 0.314 e. The summed E-state index contributed by atoms with van der Waals surface area (Å²) in [5.74, 6) is 1.81. The molecule has 0 aromatic carbocycles. The third-order valence-electron chi connectivity index (χ3n) is 2.17. The zero-order chi connectivity index (χ0) is 6.15. The predicted octanol–water partition coefficient (Wildman–Crippen LogP) is 1.25. The van der Waals surface area contributed by atoms with Gasteiger partial charge < -0.3 is 5.32 Å². The molecule has 1 aliphatic heterocycles. The minimum atomic E-state index is 0.773. The van der Waals surface area contributed by atoms with E-state index in [1.165, 1.54) is 6.54 Å². The Hall–Kier alpha value is -0.0400. The van der Waals surface area contributed by atoms with Gasteiger partial charge in [-0.2, -0.15) is 0 Å². The molecule has 1 heterocycles. The molecule has 0 aromatic rings. The van der Waals surface area contributed by atoms with Gasteiger partial charge in [-0.1, -0.05) is 13.8 Å². The first-order chi connectivity index (χ1) is 3.72. The fourth-order valence-corrected chi connectivity index (χ4v) is 1.30. The van der Waals surface area contributed by atoms with E-state index in [1.807, 2.05) is 0 Å². The fourth-order valence-electron chi connectivity index (χ4n) is 1.30. The Kier molecular flexibility index (Phi) is 1.57. The quantitative estimate of drug-likeness (QED) is 0.539. The van der Waals surface area contributed by atoms with Crippen LogP contribution in [0.3, 0.4) is 0 Å². The van der Waals surface area contributed by atoms with Gasteiger partial charge >= 0.3 is 0 Å². The van der Waals surface area contributed by atoms with E-state index >= 15 is 0 Å². The third kappa shape index (κ3) is 0.873. The normalized spacial score (nSPS) is 37.5. The van der Waals surface area contributed by atoms with Crippen LogP contribution < -0.4 is 5.32 Å². The molecule has 1 rings (SSSR count). The molecule has 0 aliphatic carbocycles. The smallest absolute Gasteiger partial charge is 0.00816 e. The molecule has 2 atom stereocenters. The zero-order valence-corrected chi connectivity index (χ0v) is 5.94. The molecule has 48 valence electrons. The second kappa shape index (κ2) is 2.06. The summed E-state index contributed by atoms with van der Waals surface area (Å²) in [5.41, 5.74) is 0. The molecule has 0 saturated carbocycles. The van der Waals surface area contributed by atoms with Crippen LogP contribution in [0.15, 0.2) is 0 Å². The van der Waals surface area contributed by atoms with E-state index in [4.69, 9.17) is 0 Å². The second-order valence-corrected chi connectivity index (χ2v) is 3.10. The molecule has 1 heteroatoms. The van der Waals surface area contributed by atoms with Crippen molar-refractivity contribution in [1.29, 1.82) is 0 Å². The highest BCUT2D eigenvalue weighted by Crippen LogP contribution is 2.20. The Labute approximate surface area is 51.5 Å². The van der Waals surface area contributed by atoms with Gasteiger partial charge in [-0.25, -0.2) is 0 Å². The second-order valence-electron chi connectivity index (χ2n) is 3.10. The van der Waals surface area contributed by atoms with E-state index in [0.29, 0.717) is 0 Å². The summed E-state index contributed by atoms with van der Waals surface area (Å²) in [6.45, 7) is 8.08. The van der Waals surface area contributed by atoms with E-state index in [1.54, 1.807) is 0 Å². The van der Waals surface area contributed by atoms with E-state index in [-0.39, 0.29) is 0 Å². The van der Waals surface area contributed by atoms with Crippen LogP contribution in [0.1, 0.15) is 20.8 Å². The minimum absolute atomic E-state index is 0.773. The van der Waals surface area contributed by atoms with Crippen LogP contribution in [0, 0.1) is 11.8 Å². The summed E-state index contributed by atoms with van der Waals surface area (Å²) in [5, 5.41) is 3.34. The molecule has 8 heavy (non-hydrogen) atoms. The fraction of sp³-hybridized carbons (Fsp3) is 1.00. The first-order valence-corrected chi connectivity index (χ1v) is 3.45. The van der Waals surface area contributed by atoms with E-state index in [2.05, 4.69) is 26.1 Å². The molecule has 1 unspecified atom stereocenters. The van der Waals surface area contributed by atoms with Gasteiger partial charge in [0.05, 0.1) is 0 Å². The average Bonchev–Trinajstić information content (AvgIpc) is 1.61. The van der Waals surface area contributed by atoms with E-state index in [9.17, 15) is 0 Å². The third-order valence-corrected chi connectivity index (χ3v) is 2.17. The Morgan fingerprint density at radius 1 is 1.50 bits per heavy atom. The molecule has 0 aromatic heterocycles. The molecular weight excluding hydrogens is 98.1 g/mol. The lowest BCUT2D eigenvalue weighted by Crippen LogP contribution is -2.53. The first-order valence-electron chi connectivity index (χ1n) is 3.45. The van der Waals surface area contributed by atoms with Crippen LogP contribution >= 0.6 is 0 Å². The van der Waals surface area contributed by atoms with Gasteiger partial charge in [0.1, 0.15) is 0 Å². The van der Waals surface area contributed by atoms with Gasteiger partial charge in [-0.05, 0) is 25.3 Å². The molecule has 1 N–H and O–H groups in total. The van der Waals surface area contributed by atoms with Crippen molar-refractivity contribution < 1.29 is 0 Å². The first kappa shape index (κ1) is 6.09. The molecule has 1 saturated heterocycles. The molecular formula is C7H15N. The van der Waals surface area contributed by atoms with Crippen molar-refractivity contribution in [2.75, 3.05) is 6.54 Å². The van der Waals surface area contributed by atoms with Crippen molar-refractivity contribution in [2.24, 2.45) is 11.8 Å². The highest BCUT2D eigenvalue weighted by Gasteiger charge is 2.27. The standard InChI is InChI=1S/C7H15N/c1-5(2)7-4-8-6(7)3/h5-8H,4H2,1-3H3/t6?,7-/m0/s1. The van der Waals surface area contributed by atoms with Crippen molar-refractivity contribution >= 4 is 0 Å². The molecule has 0 amide bonds. The lowest BCUT2D eigenvalue weighted by atomic mass is 9.83. The average molecular weight is 113 g/mol. The highest BCUT2D eigenvalue weighted by molar-refractivity contribution is 4.85. The Morgan fingerprint density at radius 3 is 2.12 bits per heavy atom. The molecule has 0 radical (unpaired) electrons. The van der Waals surface area contributed by atoms with Gasteiger partial charge in [0.25, 0.3) is 0 Å². The lowest BCUT2D eigenvalue weighted by molar-refractivity contribution is 0.187. The maximum absolute atomic E-state index is 3.34. The van der Waals surface area contributed by atoms with Crippen molar-refractivity contribution in [2.45, 2.75) is 26.8 Å². The number of hydrogen-bond acceptors (Lipinski definition) is 1. The Balaban J connectivity index is 2.26. The predicted molar refractivity (Wildman–Crippen MR) is 35.8 cm³/mol. The minimum Gasteiger partial charge on any atom is -0.314 e. The van der Waals surface area contributed by atoms with Crippen molar-refractivity contribution in [3.8, 4) is 0 Å². The van der Waals surface area contributed by atoms with Crippen LogP contribution in [0.5, 0.6) is 0 Å². The molecule has 0 spiro atoms. The summed E-state index contributed by atoms with van der Waals surface area (Å²) in [6.07, 6.45) is 0. The topological polar surface area (TPSA) is 12.0 Å². The van der Waals surface area contributed by atoms with Crippen LogP contribution in [-0.2, 0) is 0 Å². The maximum Gasteiger partial charge on any atom is 0.00816 e. The highest BCUT2D eigenvalue weighted by atomic mass is 15.0. The van der Waals surface area contributed by atoms with Crippen LogP contribution in [-0.4, -0.2) is 12.6 Å². The van der Waals surface area contributed by atoms with Crippen molar-refractivity contribution in [3.05, 3.63) is 0 Å². The van der Waals surface area contributed by atoms with Crippen LogP contribution in [0.25, 0.3) is 0 Å². The summed E-state index contributed by atoms with van der Waals surface area (Å²) in [7, 11) is 0. The Bertz CT molecular complexity index is 73.7. The van der Waals surface area contributed by atoms with E-state index in [0.717, 1.165) is 17.9 Å². The molecule has 0 bridgehead atoms. The van der Waals surface area contributed by atoms with Crippen LogP contribution in [0.4, 0.5) is 0 Å². The van der Waals surface area contributed by atoms with E-state index < -0.39 is 0 Å². The summed E-state index contributed by atoms with van der Waals surface area (Å²) >= 11 is 0. The molecule has 1 aliphatic rings. The molecule has 1 fully saturated rings.